The Balaban J connectivity index is 2.46. The van der Waals surface area contributed by atoms with Crippen LogP contribution >= 0.6 is 0 Å². The maximum Gasteiger partial charge on any atom is 0.544 e. The number of hydroxylamine groups is 2. The molecule has 1 rings (SSSR count). The third-order valence-electron chi connectivity index (χ3n) is 2.11. The molecule has 0 saturated carbocycles. The van der Waals surface area contributed by atoms with Gasteiger partial charge in [0.2, 0.25) is 5.91 Å². The van der Waals surface area contributed by atoms with E-state index in [1.54, 1.807) is 0 Å². The highest BCUT2D eigenvalue weighted by Gasteiger charge is 2.35. The van der Waals surface area contributed by atoms with Crippen LogP contribution < -0.4 is 5.32 Å². The van der Waals surface area contributed by atoms with E-state index in [1.165, 1.54) is 0 Å². The van der Waals surface area contributed by atoms with Crippen molar-refractivity contribution in [2.24, 2.45) is 0 Å². The van der Waals surface area contributed by atoms with E-state index in [4.69, 9.17) is 0 Å². The van der Waals surface area contributed by atoms with E-state index in [1.807, 2.05) is 0 Å². The van der Waals surface area contributed by atoms with E-state index >= 15 is 0 Å². The molecule has 0 aromatic carbocycles. The minimum Gasteiger partial charge on any atom is -0.312 e. The smallest absolute Gasteiger partial charge is 0.312 e. The lowest BCUT2D eigenvalue weighted by Gasteiger charge is -2.24. The molecule has 1 amide bonds. The summed E-state index contributed by atoms with van der Waals surface area (Å²) in [6, 6.07) is -0.115. The number of amides is 1. The fourth-order valence-electron chi connectivity index (χ4n) is 1.47. The fraction of sp³-hybridized carbons (Fsp3) is 0.875. The average Bonchev–Trinajstić information content (AvgIpc) is 2.52. The van der Waals surface area contributed by atoms with Crippen LogP contribution in [0.15, 0.2) is 0 Å². The summed E-state index contributed by atoms with van der Waals surface area (Å²) in [5, 5.41) is 3.34. The molecule has 0 radical (unpaired) electrons. The van der Waals surface area contributed by atoms with Gasteiger partial charge in [0, 0.05) is 13.0 Å². The molecule has 0 aromatic rings. The normalized spacial score (nSPS) is 21.7. The molecular weight excluding hydrogens is 213 g/mol. The second-order valence-electron chi connectivity index (χ2n) is 3.41. The van der Waals surface area contributed by atoms with Gasteiger partial charge in [0.15, 0.2) is 0 Å². The number of alkyl halides is 3. The number of carbonyl (C=O) groups is 1. The molecule has 1 aliphatic rings. The van der Waals surface area contributed by atoms with Crippen LogP contribution in [0.25, 0.3) is 0 Å². The lowest BCUT2D eigenvalue weighted by molar-refractivity contribution is -0.402. The molecule has 1 heterocycles. The Labute approximate surface area is 85.3 Å². The van der Waals surface area contributed by atoms with Gasteiger partial charge in [-0.25, -0.2) is 5.06 Å². The average molecular weight is 226 g/mol. The Kier molecular flexibility index (Phi) is 3.92. The highest BCUT2D eigenvalue weighted by Crippen LogP contribution is 2.19. The standard InChI is InChI=1S/C8H13F3N2O2/c1-6(14)13(15-8(9,10)11)5-7-3-2-4-12-7/h7,12H,2-5H2,1H3. The number of rotatable bonds is 3. The molecule has 1 fully saturated rings. The van der Waals surface area contributed by atoms with Crippen molar-refractivity contribution in [3.8, 4) is 0 Å². The van der Waals surface area contributed by atoms with Crippen LogP contribution in [-0.4, -0.2) is 36.5 Å². The summed E-state index contributed by atoms with van der Waals surface area (Å²) in [5.74, 6) is -0.749. The second-order valence-corrected chi connectivity index (χ2v) is 3.41. The zero-order valence-corrected chi connectivity index (χ0v) is 8.30. The summed E-state index contributed by atoms with van der Waals surface area (Å²) in [5.41, 5.74) is 0. The first-order chi connectivity index (χ1) is 6.88. The Morgan fingerprint density at radius 2 is 2.27 bits per heavy atom. The molecule has 0 spiro atoms. The minimum absolute atomic E-state index is 0.0746. The van der Waals surface area contributed by atoms with Crippen molar-refractivity contribution in [3.63, 3.8) is 0 Å². The number of nitrogens with one attached hydrogen (secondary N) is 1. The van der Waals surface area contributed by atoms with E-state index in [-0.39, 0.29) is 12.6 Å². The monoisotopic (exact) mass is 226 g/mol. The number of nitrogens with zero attached hydrogens (tertiary/aromatic N) is 1. The number of hydrogen-bond acceptors (Lipinski definition) is 3. The van der Waals surface area contributed by atoms with Crippen LogP contribution in [0.1, 0.15) is 19.8 Å². The maximum atomic E-state index is 11.9. The minimum atomic E-state index is -4.82. The Morgan fingerprint density at radius 1 is 1.60 bits per heavy atom. The van der Waals surface area contributed by atoms with Crippen molar-refractivity contribution >= 4 is 5.91 Å². The van der Waals surface area contributed by atoms with Gasteiger partial charge in [-0.05, 0) is 19.4 Å². The summed E-state index contributed by atoms with van der Waals surface area (Å²) in [4.78, 5) is 14.5. The quantitative estimate of drug-likeness (QED) is 0.731. The maximum absolute atomic E-state index is 11.9. The topological polar surface area (TPSA) is 41.6 Å². The molecule has 0 aliphatic carbocycles. The van der Waals surface area contributed by atoms with Gasteiger partial charge in [0.1, 0.15) is 0 Å². The van der Waals surface area contributed by atoms with Crippen LogP contribution in [0, 0.1) is 0 Å². The fourth-order valence-corrected chi connectivity index (χ4v) is 1.47. The summed E-state index contributed by atoms with van der Waals surface area (Å²) < 4.78 is 35.7. The molecule has 4 nitrogen and oxygen atoms in total. The summed E-state index contributed by atoms with van der Waals surface area (Å²) in [7, 11) is 0. The largest absolute Gasteiger partial charge is 0.544 e. The SMILES string of the molecule is CC(=O)N(CC1CCCN1)OC(F)(F)F. The van der Waals surface area contributed by atoms with Crippen LogP contribution in [0.3, 0.4) is 0 Å². The predicted octanol–water partition coefficient (Wildman–Crippen LogP) is 1.04. The van der Waals surface area contributed by atoms with Crippen LogP contribution in [0.4, 0.5) is 13.2 Å². The van der Waals surface area contributed by atoms with E-state index in [2.05, 4.69) is 10.2 Å². The van der Waals surface area contributed by atoms with E-state index in [0.29, 0.717) is 5.06 Å². The summed E-state index contributed by atoms with van der Waals surface area (Å²) >= 11 is 0. The van der Waals surface area contributed by atoms with Crippen molar-refractivity contribution in [3.05, 3.63) is 0 Å². The third-order valence-corrected chi connectivity index (χ3v) is 2.11. The molecule has 7 heteroatoms. The van der Waals surface area contributed by atoms with Gasteiger partial charge in [-0.2, -0.15) is 4.84 Å². The highest BCUT2D eigenvalue weighted by molar-refractivity contribution is 5.72. The van der Waals surface area contributed by atoms with Gasteiger partial charge >= 0.3 is 6.36 Å². The molecule has 1 unspecified atom stereocenters. The van der Waals surface area contributed by atoms with Gasteiger partial charge in [-0.15, -0.1) is 13.2 Å². The molecule has 88 valence electrons. The van der Waals surface area contributed by atoms with Crippen molar-refractivity contribution in [1.29, 1.82) is 0 Å². The lowest BCUT2D eigenvalue weighted by atomic mass is 10.2. The Bertz CT molecular complexity index is 226. The van der Waals surface area contributed by atoms with Crippen molar-refractivity contribution in [1.82, 2.24) is 10.4 Å². The van der Waals surface area contributed by atoms with Gasteiger partial charge in [-0.3, -0.25) is 4.79 Å². The van der Waals surface area contributed by atoms with Crippen LogP contribution in [-0.2, 0) is 9.63 Å². The third kappa shape index (κ3) is 4.48. The molecule has 1 saturated heterocycles. The second kappa shape index (κ2) is 4.80. The number of hydrogen-bond donors (Lipinski definition) is 1. The molecule has 1 aliphatic heterocycles. The van der Waals surface area contributed by atoms with Gasteiger partial charge < -0.3 is 5.32 Å². The van der Waals surface area contributed by atoms with E-state index < -0.39 is 12.3 Å². The first kappa shape index (κ1) is 12.3. The van der Waals surface area contributed by atoms with Crippen molar-refractivity contribution in [2.75, 3.05) is 13.1 Å². The Hall–Kier alpha value is -0.820. The lowest BCUT2D eigenvalue weighted by Crippen LogP contribution is -2.43. The molecular formula is C8H13F3N2O2. The first-order valence-electron chi connectivity index (χ1n) is 4.66. The zero-order valence-electron chi connectivity index (χ0n) is 8.30. The zero-order chi connectivity index (χ0) is 11.5. The first-order valence-corrected chi connectivity index (χ1v) is 4.66. The molecule has 1 N–H and O–H groups in total. The Morgan fingerprint density at radius 3 is 2.67 bits per heavy atom. The summed E-state index contributed by atoms with van der Waals surface area (Å²) in [6.45, 7) is 1.73. The molecule has 0 bridgehead atoms. The van der Waals surface area contributed by atoms with Gasteiger partial charge in [0.25, 0.3) is 0 Å². The van der Waals surface area contributed by atoms with Crippen molar-refractivity contribution < 1.29 is 22.8 Å². The predicted molar refractivity (Wildman–Crippen MR) is 45.6 cm³/mol. The van der Waals surface area contributed by atoms with Gasteiger partial charge in [-0.1, -0.05) is 0 Å². The van der Waals surface area contributed by atoms with Crippen LogP contribution in [0.2, 0.25) is 0 Å². The molecule has 0 aromatic heterocycles. The highest BCUT2D eigenvalue weighted by atomic mass is 19.4. The van der Waals surface area contributed by atoms with Crippen LogP contribution in [0.5, 0.6) is 0 Å². The van der Waals surface area contributed by atoms with E-state index in [9.17, 15) is 18.0 Å². The molecule has 1 atom stereocenters. The summed E-state index contributed by atoms with van der Waals surface area (Å²) in [6.07, 6.45) is -3.16. The van der Waals surface area contributed by atoms with Gasteiger partial charge in [0.05, 0.1) is 6.54 Å². The number of halogens is 3. The molecule has 15 heavy (non-hydrogen) atoms. The van der Waals surface area contributed by atoms with Crippen molar-refractivity contribution in [2.45, 2.75) is 32.2 Å². The number of carbonyl (C=O) groups excluding carboxylic acids is 1. The van der Waals surface area contributed by atoms with E-state index in [0.717, 1.165) is 26.3 Å².